The summed E-state index contributed by atoms with van der Waals surface area (Å²) >= 11 is 0. The fourth-order valence-electron chi connectivity index (χ4n) is 5.44. The molecule has 222 valence electrons. The Kier molecular flexibility index (Phi) is 7.61. The van der Waals surface area contributed by atoms with E-state index in [1.165, 1.54) is 25.7 Å². The molecule has 10 heteroatoms. The number of rotatable bonds is 8. The van der Waals surface area contributed by atoms with Crippen LogP contribution in [-0.2, 0) is 10.0 Å². The molecule has 0 fully saturated rings. The van der Waals surface area contributed by atoms with E-state index in [2.05, 4.69) is 0 Å². The fourth-order valence-corrected chi connectivity index (χ4v) is 7.06. The van der Waals surface area contributed by atoms with Gasteiger partial charge in [0.05, 0.1) is 50.7 Å². The lowest BCUT2D eigenvalue weighted by Gasteiger charge is -2.30. The van der Waals surface area contributed by atoms with Crippen molar-refractivity contribution in [1.29, 1.82) is 0 Å². The van der Waals surface area contributed by atoms with Crippen LogP contribution in [0.25, 0.3) is 6.08 Å². The predicted molar refractivity (Wildman–Crippen MR) is 162 cm³/mol. The summed E-state index contributed by atoms with van der Waals surface area (Å²) in [5.41, 5.74) is 3.77. The molecule has 0 aliphatic carbocycles. The van der Waals surface area contributed by atoms with Gasteiger partial charge in [-0.3, -0.25) is 0 Å². The maximum Gasteiger partial charge on any atom is 0.279 e. The van der Waals surface area contributed by atoms with Crippen molar-refractivity contribution in [1.82, 2.24) is 4.41 Å². The van der Waals surface area contributed by atoms with E-state index in [9.17, 15) is 8.42 Å². The fraction of sp³-hybridized carbons (Fsp3) is 0.344. The highest BCUT2D eigenvalue weighted by Gasteiger charge is 2.40. The molecular weight excluding hydrogens is 556 g/mol. The zero-order valence-corrected chi connectivity index (χ0v) is 26.0. The van der Waals surface area contributed by atoms with Gasteiger partial charge in [0, 0.05) is 12.0 Å². The van der Waals surface area contributed by atoms with E-state index in [0.29, 0.717) is 45.6 Å². The van der Waals surface area contributed by atoms with Gasteiger partial charge in [-0.2, -0.15) is 17.9 Å². The molecule has 42 heavy (non-hydrogen) atoms. The smallest absolute Gasteiger partial charge is 0.279 e. The minimum atomic E-state index is -4.08. The summed E-state index contributed by atoms with van der Waals surface area (Å²) in [5, 5.41) is 4.79. The Morgan fingerprint density at radius 2 is 1.50 bits per heavy atom. The number of hydrogen-bond donors (Lipinski definition) is 0. The quantitative estimate of drug-likeness (QED) is 0.314. The van der Waals surface area contributed by atoms with Gasteiger partial charge >= 0.3 is 0 Å². The SMILES string of the molecule is COc1ccc(C2=NN(S(=O)(=O)c3cc(C)cc(C)c3)C(c3cc(OC)c(OC)c(OC)c3)C2)c2c1C=CC(C)(C)O2. The number of hydrogen-bond acceptors (Lipinski definition) is 8. The molecular formula is C32H36N2O7S. The average molecular weight is 593 g/mol. The van der Waals surface area contributed by atoms with Gasteiger partial charge in [0.1, 0.15) is 17.1 Å². The minimum Gasteiger partial charge on any atom is -0.496 e. The number of benzene rings is 3. The van der Waals surface area contributed by atoms with Crippen molar-refractivity contribution in [3.05, 3.63) is 76.4 Å². The first kappa shape index (κ1) is 29.3. The van der Waals surface area contributed by atoms with Crippen LogP contribution in [0.2, 0.25) is 0 Å². The Morgan fingerprint density at radius 1 is 0.881 bits per heavy atom. The second kappa shape index (κ2) is 10.9. The maximum atomic E-state index is 14.3. The lowest BCUT2D eigenvalue weighted by molar-refractivity contribution is 0.158. The summed E-state index contributed by atoms with van der Waals surface area (Å²) in [6.07, 6.45) is 4.21. The van der Waals surface area contributed by atoms with E-state index in [1.807, 2.05) is 58.0 Å². The van der Waals surface area contributed by atoms with Crippen molar-refractivity contribution in [2.24, 2.45) is 5.10 Å². The van der Waals surface area contributed by atoms with Gasteiger partial charge in [-0.05, 0) is 92.9 Å². The van der Waals surface area contributed by atoms with Crippen molar-refractivity contribution in [2.75, 3.05) is 28.4 Å². The lowest BCUT2D eigenvalue weighted by atomic mass is 9.94. The van der Waals surface area contributed by atoms with E-state index < -0.39 is 21.7 Å². The summed E-state index contributed by atoms with van der Waals surface area (Å²) in [6, 6.07) is 11.8. The number of ether oxygens (including phenoxy) is 5. The molecule has 0 aromatic heterocycles. The maximum absolute atomic E-state index is 14.3. The van der Waals surface area contributed by atoms with Crippen molar-refractivity contribution in [3.63, 3.8) is 0 Å². The summed E-state index contributed by atoms with van der Waals surface area (Å²) in [4.78, 5) is 0.166. The van der Waals surface area contributed by atoms with Crippen LogP contribution in [-0.4, -0.2) is 52.6 Å². The van der Waals surface area contributed by atoms with Gasteiger partial charge in [0.2, 0.25) is 5.75 Å². The molecule has 3 aromatic carbocycles. The van der Waals surface area contributed by atoms with Gasteiger partial charge < -0.3 is 23.7 Å². The molecule has 0 amide bonds. The van der Waals surface area contributed by atoms with Crippen molar-refractivity contribution in [3.8, 4) is 28.7 Å². The topological polar surface area (TPSA) is 95.9 Å². The zero-order valence-electron chi connectivity index (χ0n) is 25.1. The molecule has 0 saturated carbocycles. The summed E-state index contributed by atoms with van der Waals surface area (Å²) in [6.45, 7) is 7.67. The van der Waals surface area contributed by atoms with Gasteiger partial charge in [-0.25, -0.2) is 0 Å². The molecule has 5 rings (SSSR count). The predicted octanol–water partition coefficient (Wildman–Crippen LogP) is 6.06. The molecule has 0 spiro atoms. The van der Waals surface area contributed by atoms with Crippen LogP contribution >= 0.6 is 0 Å². The Bertz CT molecular complexity index is 1660. The van der Waals surface area contributed by atoms with Crippen LogP contribution in [0.3, 0.4) is 0 Å². The van der Waals surface area contributed by atoms with Gasteiger partial charge in [0.25, 0.3) is 10.0 Å². The molecule has 0 N–H and O–H groups in total. The van der Waals surface area contributed by atoms with Crippen LogP contribution in [0.1, 0.15) is 54.1 Å². The van der Waals surface area contributed by atoms with Gasteiger partial charge in [-0.15, -0.1) is 0 Å². The normalized spacial score (nSPS) is 17.3. The van der Waals surface area contributed by atoms with Crippen molar-refractivity contribution < 1.29 is 32.1 Å². The highest BCUT2D eigenvalue weighted by Crippen LogP contribution is 2.47. The minimum absolute atomic E-state index is 0.166. The van der Waals surface area contributed by atoms with Crippen molar-refractivity contribution >= 4 is 21.8 Å². The van der Waals surface area contributed by atoms with E-state index >= 15 is 0 Å². The molecule has 3 aromatic rings. The largest absolute Gasteiger partial charge is 0.496 e. The monoisotopic (exact) mass is 592 g/mol. The highest BCUT2D eigenvalue weighted by atomic mass is 32.2. The number of nitrogens with zero attached hydrogens (tertiary/aromatic N) is 2. The first-order valence-corrected chi connectivity index (χ1v) is 15.0. The number of hydrazone groups is 1. The van der Waals surface area contributed by atoms with E-state index in [0.717, 1.165) is 16.7 Å². The third kappa shape index (κ3) is 5.15. The van der Waals surface area contributed by atoms with Crippen LogP contribution in [0.4, 0.5) is 0 Å². The number of fused-ring (bicyclic) bond motifs is 1. The molecule has 9 nitrogen and oxygen atoms in total. The zero-order chi connectivity index (χ0) is 30.4. The van der Waals surface area contributed by atoms with Gasteiger partial charge in [0.15, 0.2) is 11.5 Å². The Morgan fingerprint density at radius 3 is 2.07 bits per heavy atom. The first-order valence-electron chi connectivity index (χ1n) is 13.5. The van der Waals surface area contributed by atoms with Crippen LogP contribution < -0.4 is 23.7 Å². The van der Waals surface area contributed by atoms with Crippen LogP contribution in [0, 0.1) is 13.8 Å². The van der Waals surface area contributed by atoms with Crippen LogP contribution in [0.5, 0.6) is 28.7 Å². The second-order valence-electron chi connectivity index (χ2n) is 10.9. The van der Waals surface area contributed by atoms with E-state index in [-0.39, 0.29) is 11.3 Å². The first-order chi connectivity index (χ1) is 19.9. The molecule has 0 bridgehead atoms. The number of sulfonamides is 1. The summed E-state index contributed by atoms with van der Waals surface area (Å²) in [5.74, 6) is 2.50. The third-order valence-corrected chi connectivity index (χ3v) is 9.05. The Hall–Kier alpha value is -4.18. The molecule has 2 aliphatic rings. The van der Waals surface area contributed by atoms with Crippen LogP contribution in [0.15, 0.2) is 58.5 Å². The van der Waals surface area contributed by atoms with E-state index in [4.69, 9.17) is 28.8 Å². The second-order valence-corrected chi connectivity index (χ2v) is 12.7. The Balaban J connectivity index is 1.71. The highest BCUT2D eigenvalue weighted by molar-refractivity contribution is 7.89. The summed E-state index contributed by atoms with van der Waals surface area (Å²) < 4.78 is 58.5. The average Bonchev–Trinajstić information content (AvgIpc) is 3.41. The third-order valence-electron chi connectivity index (χ3n) is 7.39. The summed E-state index contributed by atoms with van der Waals surface area (Å²) in [7, 11) is 2.10. The van der Waals surface area contributed by atoms with E-state index in [1.54, 1.807) is 31.4 Å². The molecule has 0 radical (unpaired) electrons. The molecule has 1 atom stereocenters. The molecule has 2 heterocycles. The van der Waals surface area contributed by atoms with Crippen molar-refractivity contribution in [2.45, 2.75) is 50.7 Å². The number of methoxy groups -OCH3 is 4. The molecule has 1 unspecified atom stereocenters. The molecule has 0 saturated heterocycles. The number of aryl methyl sites for hydroxylation is 2. The molecule has 2 aliphatic heterocycles. The Labute approximate surface area is 247 Å². The lowest BCUT2D eigenvalue weighted by Crippen LogP contribution is -2.28. The van der Waals surface area contributed by atoms with Gasteiger partial charge in [-0.1, -0.05) is 6.07 Å². The standard InChI is InChI=1S/C32H36N2O7S/c1-19-13-20(2)15-22(14-19)42(35,36)34-26(21-16-28(38-6)31(40-8)29(17-21)39-7)18-25(33-34)23-9-10-27(37-5)24-11-12-32(3,4)41-30(23)24/h9-17,26H,18H2,1-8H3.